The summed E-state index contributed by atoms with van der Waals surface area (Å²) in [6.45, 7) is 10.2. The van der Waals surface area contributed by atoms with Crippen LogP contribution in [0.2, 0.25) is 0 Å². The quantitative estimate of drug-likeness (QED) is 0.810. The molecule has 2 rings (SSSR count). The highest BCUT2D eigenvalue weighted by Crippen LogP contribution is 2.35. The van der Waals surface area contributed by atoms with E-state index in [4.69, 9.17) is 5.73 Å². The third-order valence-corrected chi connectivity index (χ3v) is 3.70. The lowest BCUT2D eigenvalue weighted by atomic mass is 9.79. The minimum atomic E-state index is -0.0510. The van der Waals surface area contributed by atoms with Crippen LogP contribution in [-0.2, 0) is 0 Å². The molecular weight excluding hydrogens is 257 g/mol. The van der Waals surface area contributed by atoms with Crippen LogP contribution >= 0.6 is 24.8 Å². The molecule has 2 aliphatic rings. The minimum Gasteiger partial charge on any atom is -0.324 e. The second-order valence-electron chi connectivity index (χ2n) is 6.23. The predicted octanol–water partition coefficient (Wildman–Crippen LogP) is 1.64. The summed E-state index contributed by atoms with van der Waals surface area (Å²) in [6, 6.07) is 0. The molecule has 0 bridgehead atoms. The van der Waals surface area contributed by atoms with Crippen molar-refractivity contribution in [3.63, 3.8) is 0 Å². The summed E-state index contributed by atoms with van der Waals surface area (Å²) in [5.41, 5.74) is 6.62. The van der Waals surface area contributed by atoms with Crippen molar-refractivity contribution < 1.29 is 0 Å². The largest absolute Gasteiger partial charge is 0.324 e. The maximum Gasteiger partial charge on any atom is 0.0226 e. The monoisotopic (exact) mass is 283 g/mol. The molecule has 1 spiro atoms. The van der Waals surface area contributed by atoms with Gasteiger partial charge < -0.3 is 16.0 Å². The van der Waals surface area contributed by atoms with Gasteiger partial charge in [0.2, 0.25) is 0 Å². The Balaban J connectivity index is 0.00000128. The molecule has 5 heteroatoms. The molecule has 0 aliphatic carbocycles. The van der Waals surface area contributed by atoms with E-state index in [9.17, 15) is 0 Å². The van der Waals surface area contributed by atoms with E-state index < -0.39 is 0 Å². The van der Waals surface area contributed by atoms with E-state index in [1.54, 1.807) is 0 Å². The molecule has 0 amide bonds. The average Bonchev–Trinajstić information content (AvgIpc) is 2.50. The molecular formula is C12H27Cl2N3. The van der Waals surface area contributed by atoms with Crippen molar-refractivity contribution in [1.29, 1.82) is 0 Å². The van der Waals surface area contributed by atoms with Crippen LogP contribution in [0.25, 0.3) is 0 Å². The predicted molar refractivity (Wildman–Crippen MR) is 78.4 cm³/mol. The van der Waals surface area contributed by atoms with Gasteiger partial charge in [0.05, 0.1) is 0 Å². The lowest BCUT2D eigenvalue weighted by molar-refractivity contribution is 0.0884. The third kappa shape index (κ3) is 4.92. The van der Waals surface area contributed by atoms with Crippen LogP contribution in [-0.4, -0.2) is 43.2 Å². The zero-order valence-corrected chi connectivity index (χ0v) is 12.6. The number of rotatable bonds is 2. The Morgan fingerprint density at radius 2 is 2.00 bits per heavy atom. The average molecular weight is 284 g/mol. The van der Waals surface area contributed by atoms with E-state index in [0.29, 0.717) is 5.41 Å². The fourth-order valence-electron chi connectivity index (χ4n) is 3.17. The van der Waals surface area contributed by atoms with Crippen LogP contribution in [0.1, 0.15) is 33.1 Å². The molecule has 3 N–H and O–H groups in total. The van der Waals surface area contributed by atoms with Gasteiger partial charge in [0, 0.05) is 25.2 Å². The molecule has 1 unspecified atom stereocenters. The summed E-state index contributed by atoms with van der Waals surface area (Å²) in [7, 11) is 0. The smallest absolute Gasteiger partial charge is 0.0226 e. The second-order valence-corrected chi connectivity index (χ2v) is 6.23. The van der Waals surface area contributed by atoms with E-state index in [1.165, 1.54) is 45.4 Å². The van der Waals surface area contributed by atoms with Crippen molar-refractivity contribution in [3.8, 4) is 0 Å². The Morgan fingerprint density at radius 1 is 1.29 bits per heavy atom. The van der Waals surface area contributed by atoms with Crippen LogP contribution in [0.5, 0.6) is 0 Å². The molecule has 2 heterocycles. The first-order valence-corrected chi connectivity index (χ1v) is 6.21. The number of hydrogen-bond acceptors (Lipinski definition) is 3. The SMILES string of the molecule is CC(C)(N)CN1CCCC2(CCNC2)C1.Cl.Cl. The summed E-state index contributed by atoms with van der Waals surface area (Å²) < 4.78 is 0. The van der Waals surface area contributed by atoms with Crippen molar-refractivity contribution in [2.24, 2.45) is 11.1 Å². The van der Waals surface area contributed by atoms with Gasteiger partial charge in [-0.2, -0.15) is 0 Å². The number of halogens is 2. The minimum absolute atomic E-state index is 0. The van der Waals surface area contributed by atoms with Gasteiger partial charge >= 0.3 is 0 Å². The van der Waals surface area contributed by atoms with Crippen LogP contribution in [0.4, 0.5) is 0 Å². The highest BCUT2D eigenvalue weighted by molar-refractivity contribution is 5.85. The Morgan fingerprint density at radius 3 is 2.53 bits per heavy atom. The summed E-state index contributed by atoms with van der Waals surface area (Å²) in [6.07, 6.45) is 4.10. The molecule has 2 aliphatic heterocycles. The van der Waals surface area contributed by atoms with Crippen molar-refractivity contribution in [3.05, 3.63) is 0 Å². The van der Waals surface area contributed by atoms with Gasteiger partial charge in [0.25, 0.3) is 0 Å². The van der Waals surface area contributed by atoms with Gasteiger partial charge in [0.15, 0.2) is 0 Å². The van der Waals surface area contributed by atoms with Crippen molar-refractivity contribution >= 4 is 24.8 Å². The topological polar surface area (TPSA) is 41.3 Å². The van der Waals surface area contributed by atoms with E-state index in [0.717, 1.165) is 6.54 Å². The van der Waals surface area contributed by atoms with E-state index in [2.05, 4.69) is 24.1 Å². The molecule has 104 valence electrons. The summed E-state index contributed by atoms with van der Waals surface area (Å²) >= 11 is 0. The zero-order valence-electron chi connectivity index (χ0n) is 11.0. The van der Waals surface area contributed by atoms with Gasteiger partial charge in [-0.05, 0) is 51.6 Å². The summed E-state index contributed by atoms with van der Waals surface area (Å²) in [5.74, 6) is 0. The Hall–Kier alpha value is 0.460. The van der Waals surface area contributed by atoms with Crippen molar-refractivity contribution in [2.75, 3.05) is 32.7 Å². The normalized spacial score (nSPS) is 29.8. The first-order chi connectivity index (χ1) is 6.99. The highest BCUT2D eigenvalue weighted by atomic mass is 35.5. The maximum absolute atomic E-state index is 6.10. The molecule has 1 atom stereocenters. The highest BCUT2D eigenvalue weighted by Gasteiger charge is 2.38. The van der Waals surface area contributed by atoms with Gasteiger partial charge in [-0.1, -0.05) is 0 Å². The van der Waals surface area contributed by atoms with Gasteiger partial charge in [-0.3, -0.25) is 0 Å². The first kappa shape index (κ1) is 17.5. The number of nitrogens with one attached hydrogen (secondary N) is 1. The van der Waals surface area contributed by atoms with E-state index in [-0.39, 0.29) is 30.4 Å². The Kier molecular flexibility index (Phi) is 6.75. The number of nitrogens with zero attached hydrogens (tertiary/aromatic N) is 1. The lowest BCUT2D eigenvalue weighted by Crippen LogP contribution is -2.52. The molecule has 0 aromatic carbocycles. The third-order valence-electron chi connectivity index (χ3n) is 3.70. The molecule has 0 saturated carbocycles. The molecule has 2 saturated heterocycles. The fraction of sp³-hybridized carbons (Fsp3) is 1.00. The standard InChI is InChI=1S/C12H25N3.2ClH/c1-11(2,13)9-15-7-3-4-12(10-15)5-6-14-8-12;;/h14H,3-10,13H2,1-2H3;2*1H. The molecule has 0 radical (unpaired) electrons. The van der Waals surface area contributed by atoms with E-state index in [1.807, 2.05) is 0 Å². The summed E-state index contributed by atoms with van der Waals surface area (Å²) in [5, 5.41) is 3.51. The number of piperidine rings is 1. The van der Waals surface area contributed by atoms with Gasteiger partial charge in [-0.15, -0.1) is 24.8 Å². The Bertz CT molecular complexity index is 222. The van der Waals surface area contributed by atoms with E-state index >= 15 is 0 Å². The fourth-order valence-corrected chi connectivity index (χ4v) is 3.17. The van der Waals surface area contributed by atoms with Crippen molar-refractivity contribution in [2.45, 2.75) is 38.6 Å². The number of likely N-dealkylation sites (tertiary alicyclic amines) is 1. The molecule has 17 heavy (non-hydrogen) atoms. The van der Waals surface area contributed by atoms with Crippen LogP contribution in [0.3, 0.4) is 0 Å². The molecule has 3 nitrogen and oxygen atoms in total. The number of hydrogen-bond donors (Lipinski definition) is 2. The van der Waals surface area contributed by atoms with Crippen LogP contribution in [0, 0.1) is 5.41 Å². The number of nitrogens with two attached hydrogens (primary N) is 1. The first-order valence-electron chi connectivity index (χ1n) is 6.21. The van der Waals surface area contributed by atoms with Crippen LogP contribution in [0.15, 0.2) is 0 Å². The van der Waals surface area contributed by atoms with Gasteiger partial charge in [0.1, 0.15) is 0 Å². The van der Waals surface area contributed by atoms with Crippen molar-refractivity contribution in [1.82, 2.24) is 10.2 Å². The van der Waals surface area contributed by atoms with Crippen LogP contribution < -0.4 is 11.1 Å². The Labute approximate surface area is 118 Å². The zero-order chi connectivity index (χ0) is 10.9. The molecule has 0 aromatic heterocycles. The molecule has 0 aromatic rings. The molecule has 2 fully saturated rings. The van der Waals surface area contributed by atoms with Gasteiger partial charge in [-0.25, -0.2) is 0 Å². The lowest BCUT2D eigenvalue weighted by Gasteiger charge is -2.42. The second kappa shape index (κ2) is 6.58. The maximum atomic E-state index is 6.10. The summed E-state index contributed by atoms with van der Waals surface area (Å²) in [4.78, 5) is 2.57.